The lowest BCUT2D eigenvalue weighted by Crippen LogP contribution is -2.09. The first kappa shape index (κ1) is 15.5. The van der Waals surface area contributed by atoms with E-state index in [1.54, 1.807) is 7.11 Å². The minimum absolute atomic E-state index is 0.663. The van der Waals surface area contributed by atoms with Gasteiger partial charge in [-0.05, 0) is 24.3 Å². The maximum atomic E-state index is 9.10. The van der Waals surface area contributed by atoms with Crippen molar-refractivity contribution in [3.63, 3.8) is 0 Å². The summed E-state index contributed by atoms with van der Waals surface area (Å²) in [5.74, 6) is -2.76. The third kappa shape index (κ3) is 3.99. The van der Waals surface area contributed by atoms with E-state index in [1.165, 1.54) is 10.9 Å². The van der Waals surface area contributed by atoms with Crippen molar-refractivity contribution in [2.45, 2.75) is 6.54 Å². The predicted molar refractivity (Wildman–Crippen MR) is 72.8 cm³/mol. The minimum atomic E-state index is -1.82. The number of aliphatic carboxylic acids is 2. The maximum Gasteiger partial charge on any atom is 0.414 e. The fraction of sp³-hybridized carbons (Fsp3) is 0.231. The van der Waals surface area contributed by atoms with E-state index in [2.05, 4.69) is 22.9 Å². The maximum absolute atomic E-state index is 9.10. The van der Waals surface area contributed by atoms with E-state index in [4.69, 9.17) is 30.3 Å². The van der Waals surface area contributed by atoms with Gasteiger partial charge in [-0.2, -0.15) is 0 Å². The van der Waals surface area contributed by atoms with Crippen LogP contribution >= 0.6 is 0 Å². The molecule has 0 amide bonds. The van der Waals surface area contributed by atoms with Gasteiger partial charge in [0.15, 0.2) is 0 Å². The summed E-state index contributed by atoms with van der Waals surface area (Å²) in [4.78, 5) is 18.2. The number of carboxylic acid groups (broad SMARTS) is 2. The molecule has 0 saturated carbocycles. The van der Waals surface area contributed by atoms with Crippen molar-refractivity contribution in [1.29, 1.82) is 0 Å². The molecule has 0 saturated heterocycles. The van der Waals surface area contributed by atoms with Crippen LogP contribution in [0.3, 0.4) is 0 Å². The lowest BCUT2D eigenvalue weighted by molar-refractivity contribution is -0.159. The Balaban J connectivity index is 0.000000286. The third-order valence-electron chi connectivity index (χ3n) is 2.53. The molecule has 108 valence electrons. The number of hydrogen-bond acceptors (Lipinski definition) is 4. The average Bonchev–Trinajstić information content (AvgIpc) is 2.82. The third-order valence-corrected chi connectivity index (χ3v) is 2.53. The second-order valence-electron chi connectivity index (χ2n) is 3.83. The summed E-state index contributed by atoms with van der Waals surface area (Å²) in [7, 11) is 1.68. The number of rotatable bonds is 3. The smallest absolute Gasteiger partial charge is 0.414 e. The van der Waals surface area contributed by atoms with Crippen molar-refractivity contribution >= 4 is 22.8 Å². The molecular formula is C13H16N2O5. The van der Waals surface area contributed by atoms with Crippen LogP contribution in [-0.4, -0.2) is 40.4 Å². The number of carbonyl (C=O) groups is 2. The highest BCUT2D eigenvalue weighted by molar-refractivity contribution is 6.27. The van der Waals surface area contributed by atoms with Gasteiger partial charge in [0, 0.05) is 30.2 Å². The number of aromatic nitrogens is 1. The number of fused-ring (bicyclic) bond motifs is 1. The standard InChI is InChI=1S/C11H14N2O.C2H2O4/c1-14-10-2-3-11-9(8-10)4-6-13(11)7-5-12;3-1(4)2(5)6/h2-4,6,8H,5,7,12H2,1H3;(H,3,4)(H,5,6). The van der Waals surface area contributed by atoms with E-state index < -0.39 is 11.9 Å². The molecule has 0 fully saturated rings. The fourth-order valence-corrected chi connectivity index (χ4v) is 1.64. The number of nitrogens with two attached hydrogens (primary N) is 1. The molecule has 7 nitrogen and oxygen atoms in total. The highest BCUT2D eigenvalue weighted by Gasteiger charge is 2.04. The summed E-state index contributed by atoms with van der Waals surface area (Å²) in [5, 5.41) is 16.0. The molecule has 20 heavy (non-hydrogen) atoms. The summed E-state index contributed by atoms with van der Waals surface area (Å²) in [5.41, 5.74) is 6.73. The molecule has 7 heteroatoms. The molecule has 0 aliphatic heterocycles. The zero-order valence-corrected chi connectivity index (χ0v) is 10.9. The van der Waals surface area contributed by atoms with Crippen molar-refractivity contribution in [2.75, 3.05) is 13.7 Å². The molecule has 1 aromatic carbocycles. The minimum Gasteiger partial charge on any atom is -0.497 e. The Kier molecular flexibility index (Phi) is 5.55. The van der Waals surface area contributed by atoms with Crippen molar-refractivity contribution in [3.05, 3.63) is 30.5 Å². The Labute approximate surface area is 115 Å². The van der Waals surface area contributed by atoms with E-state index >= 15 is 0 Å². The summed E-state index contributed by atoms with van der Waals surface area (Å²) in [6, 6.07) is 8.13. The van der Waals surface area contributed by atoms with Crippen molar-refractivity contribution in [3.8, 4) is 5.75 Å². The number of methoxy groups -OCH3 is 1. The molecular weight excluding hydrogens is 264 g/mol. The molecule has 0 aliphatic carbocycles. The van der Waals surface area contributed by atoms with Crippen LogP contribution in [-0.2, 0) is 16.1 Å². The zero-order valence-electron chi connectivity index (χ0n) is 10.9. The van der Waals surface area contributed by atoms with Gasteiger partial charge in [-0.3, -0.25) is 0 Å². The van der Waals surface area contributed by atoms with Crippen LogP contribution in [0.15, 0.2) is 30.5 Å². The van der Waals surface area contributed by atoms with Gasteiger partial charge in [0.25, 0.3) is 0 Å². The lowest BCUT2D eigenvalue weighted by Gasteiger charge is -2.03. The van der Waals surface area contributed by atoms with Gasteiger partial charge in [-0.15, -0.1) is 0 Å². The van der Waals surface area contributed by atoms with E-state index in [1.807, 2.05) is 12.1 Å². The highest BCUT2D eigenvalue weighted by Crippen LogP contribution is 2.21. The molecule has 1 aromatic heterocycles. The van der Waals surface area contributed by atoms with Gasteiger partial charge in [0.1, 0.15) is 5.75 Å². The van der Waals surface area contributed by atoms with Crippen LogP contribution in [0, 0.1) is 0 Å². The second kappa shape index (κ2) is 7.15. The molecule has 0 bridgehead atoms. The Morgan fingerprint density at radius 3 is 2.40 bits per heavy atom. The van der Waals surface area contributed by atoms with Crippen molar-refractivity contribution in [1.82, 2.24) is 4.57 Å². The van der Waals surface area contributed by atoms with Gasteiger partial charge in [0.2, 0.25) is 0 Å². The van der Waals surface area contributed by atoms with Crippen molar-refractivity contribution < 1.29 is 24.5 Å². The van der Waals surface area contributed by atoms with Crippen LogP contribution in [0.2, 0.25) is 0 Å². The summed E-state index contributed by atoms with van der Waals surface area (Å²) < 4.78 is 7.31. The lowest BCUT2D eigenvalue weighted by atomic mass is 10.2. The molecule has 0 aliphatic rings. The van der Waals surface area contributed by atoms with Crippen LogP contribution < -0.4 is 10.5 Å². The van der Waals surface area contributed by atoms with Gasteiger partial charge < -0.3 is 25.3 Å². The average molecular weight is 280 g/mol. The number of nitrogens with zero attached hydrogens (tertiary/aromatic N) is 1. The fourth-order valence-electron chi connectivity index (χ4n) is 1.64. The zero-order chi connectivity index (χ0) is 15.1. The summed E-state index contributed by atoms with van der Waals surface area (Å²) in [6.45, 7) is 1.52. The number of ether oxygens (including phenoxy) is 1. The van der Waals surface area contributed by atoms with Crippen LogP contribution in [0.1, 0.15) is 0 Å². The van der Waals surface area contributed by atoms with E-state index in [0.29, 0.717) is 6.54 Å². The molecule has 4 N–H and O–H groups in total. The molecule has 1 heterocycles. The highest BCUT2D eigenvalue weighted by atomic mass is 16.5. The quantitative estimate of drug-likeness (QED) is 0.715. The van der Waals surface area contributed by atoms with Gasteiger partial charge in [0.05, 0.1) is 7.11 Å². The molecule has 0 atom stereocenters. The Hall–Kier alpha value is -2.54. The molecule has 2 aromatic rings. The Morgan fingerprint density at radius 2 is 1.90 bits per heavy atom. The molecule has 2 rings (SSSR count). The summed E-state index contributed by atoms with van der Waals surface area (Å²) >= 11 is 0. The van der Waals surface area contributed by atoms with Crippen LogP contribution in [0.5, 0.6) is 5.75 Å². The largest absolute Gasteiger partial charge is 0.497 e. The predicted octanol–water partition coefficient (Wildman–Crippen LogP) is 0.764. The first-order chi connectivity index (χ1) is 9.49. The SMILES string of the molecule is COc1ccc2c(ccn2CCN)c1.O=C(O)C(=O)O. The van der Waals surface area contributed by atoms with Crippen LogP contribution in [0.25, 0.3) is 10.9 Å². The van der Waals surface area contributed by atoms with Crippen molar-refractivity contribution in [2.24, 2.45) is 5.73 Å². The first-order valence-corrected chi connectivity index (χ1v) is 5.78. The second-order valence-corrected chi connectivity index (χ2v) is 3.83. The summed E-state index contributed by atoms with van der Waals surface area (Å²) in [6.07, 6.45) is 2.05. The molecule has 0 spiro atoms. The van der Waals surface area contributed by atoms with E-state index in [-0.39, 0.29) is 0 Å². The first-order valence-electron chi connectivity index (χ1n) is 5.78. The Morgan fingerprint density at radius 1 is 1.25 bits per heavy atom. The van der Waals surface area contributed by atoms with Crippen LogP contribution in [0.4, 0.5) is 0 Å². The number of benzene rings is 1. The van der Waals surface area contributed by atoms with E-state index in [0.717, 1.165) is 12.3 Å². The normalized spacial score (nSPS) is 9.70. The number of carboxylic acids is 2. The molecule has 0 unspecified atom stereocenters. The van der Waals surface area contributed by atoms with Gasteiger partial charge in [-0.1, -0.05) is 0 Å². The molecule has 0 radical (unpaired) electrons. The van der Waals surface area contributed by atoms with E-state index in [9.17, 15) is 0 Å². The topological polar surface area (TPSA) is 115 Å². The number of hydrogen-bond donors (Lipinski definition) is 3. The Bertz CT molecular complexity index is 594. The monoisotopic (exact) mass is 280 g/mol. The van der Waals surface area contributed by atoms with Gasteiger partial charge in [-0.25, -0.2) is 9.59 Å². The van der Waals surface area contributed by atoms with Gasteiger partial charge >= 0.3 is 11.9 Å².